The first-order valence-electron chi connectivity index (χ1n) is 3.66. The molecule has 0 saturated heterocycles. The van der Waals surface area contributed by atoms with E-state index in [1.165, 1.54) is 16.7 Å². The van der Waals surface area contributed by atoms with Gasteiger partial charge in [0.05, 0.1) is 31.3 Å². The monoisotopic (exact) mass is 131 g/mol. The van der Waals surface area contributed by atoms with E-state index in [1.807, 2.05) is 0 Å². The van der Waals surface area contributed by atoms with Crippen molar-refractivity contribution in [2.24, 2.45) is 0 Å². The van der Waals surface area contributed by atoms with Crippen molar-refractivity contribution in [1.82, 2.24) is 0 Å². The van der Waals surface area contributed by atoms with E-state index >= 15 is 0 Å². The van der Waals surface area contributed by atoms with Crippen molar-refractivity contribution < 1.29 is 0 Å². The molecule has 0 aromatic carbocycles. The summed E-state index contributed by atoms with van der Waals surface area (Å²) in [6, 6.07) is 0. The smallest absolute Gasteiger partial charge is 0.0956 e. The summed E-state index contributed by atoms with van der Waals surface area (Å²) in [4.78, 5) is 0. The molecule has 0 atom stereocenters. The average Bonchev–Trinajstić information content (AvgIpc) is 1.74. The van der Waals surface area contributed by atoms with Gasteiger partial charge in [-0.15, -0.1) is 0 Å². The number of rotatable bonds is 1. The molecule has 1 fully saturated rings. The molecule has 2 rings (SSSR count). The van der Waals surface area contributed by atoms with Crippen molar-refractivity contribution in [2.45, 2.75) is 19.3 Å². The fourth-order valence-electron chi connectivity index (χ4n) is 1.47. The fourth-order valence-corrected chi connectivity index (χ4v) is 1.47. The number of hydrogen-bond donors (Lipinski definition) is 0. The van der Waals surface area contributed by atoms with Crippen LogP contribution < -0.4 is 0 Å². The third-order valence-corrected chi connectivity index (χ3v) is 2.18. The van der Waals surface area contributed by atoms with Gasteiger partial charge in [-0.2, -0.15) is 0 Å². The molecular formula is C10H11+. The van der Waals surface area contributed by atoms with Gasteiger partial charge in [-0.1, -0.05) is 13.2 Å². The van der Waals surface area contributed by atoms with Gasteiger partial charge < -0.3 is 0 Å². The predicted octanol–water partition coefficient (Wildman–Crippen LogP) is 2.80. The molecule has 0 unspecified atom stereocenters. The van der Waals surface area contributed by atoms with Gasteiger partial charge in [-0.05, 0) is 5.57 Å². The molecule has 0 radical (unpaired) electrons. The van der Waals surface area contributed by atoms with Gasteiger partial charge in [0.1, 0.15) is 5.57 Å². The quantitative estimate of drug-likeness (QED) is 0.379. The molecule has 0 spiro atoms. The van der Waals surface area contributed by atoms with E-state index in [9.17, 15) is 0 Å². The van der Waals surface area contributed by atoms with Crippen LogP contribution in [-0.4, -0.2) is 0 Å². The molecule has 0 nitrogen and oxygen atoms in total. The molecule has 0 N–H and O–H groups in total. The molecule has 0 aromatic heterocycles. The van der Waals surface area contributed by atoms with Crippen molar-refractivity contribution in [3.8, 4) is 0 Å². The Morgan fingerprint density at radius 3 is 2.30 bits per heavy atom. The maximum absolute atomic E-state index is 3.90. The maximum Gasteiger partial charge on any atom is 0.117 e. The minimum absolute atomic E-state index is 1.13. The third kappa shape index (κ3) is 0.722. The van der Waals surface area contributed by atoms with Gasteiger partial charge in [-0.3, -0.25) is 0 Å². The Balaban J connectivity index is 1.98. The summed E-state index contributed by atoms with van der Waals surface area (Å²) in [5, 5.41) is 0. The lowest BCUT2D eigenvalue weighted by atomic mass is 9.71. The number of allylic oxidation sites excluding steroid dienone is 4. The van der Waals surface area contributed by atoms with Crippen molar-refractivity contribution in [3.63, 3.8) is 0 Å². The second-order valence-corrected chi connectivity index (χ2v) is 3.21. The topological polar surface area (TPSA) is 0 Å². The summed E-state index contributed by atoms with van der Waals surface area (Å²) < 4.78 is 0. The van der Waals surface area contributed by atoms with Crippen molar-refractivity contribution in [1.29, 1.82) is 0 Å². The van der Waals surface area contributed by atoms with Crippen LogP contribution in [0.2, 0.25) is 0 Å². The van der Waals surface area contributed by atoms with E-state index in [0.29, 0.717) is 0 Å². The van der Waals surface area contributed by atoms with Crippen LogP contribution in [0, 0.1) is 5.92 Å². The lowest BCUT2D eigenvalue weighted by Crippen LogP contribution is -2.17. The highest BCUT2D eigenvalue weighted by atomic mass is 14.3. The zero-order chi connectivity index (χ0) is 7.14. The van der Waals surface area contributed by atoms with Gasteiger partial charge in [0, 0.05) is 5.57 Å². The van der Waals surface area contributed by atoms with E-state index in [1.54, 1.807) is 5.92 Å². The van der Waals surface area contributed by atoms with Crippen molar-refractivity contribution in [3.05, 3.63) is 41.9 Å². The normalized spacial score (nSPS) is 23.6. The molecule has 1 saturated carbocycles. The van der Waals surface area contributed by atoms with Crippen LogP contribution in [0.4, 0.5) is 0 Å². The summed E-state index contributed by atoms with van der Waals surface area (Å²) >= 11 is 0. The maximum atomic E-state index is 3.90. The highest BCUT2D eigenvalue weighted by molar-refractivity contribution is 5.50. The number of hydrogen-bond acceptors (Lipinski definition) is 0. The van der Waals surface area contributed by atoms with E-state index < -0.39 is 0 Å². The van der Waals surface area contributed by atoms with Gasteiger partial charge >= 0.3 is 0 Å². The Morgan fingerprint density at radius 1 is 1.30 bits per heavy atom. The molecule has 0 aliphatic heterocycles. The first-order valence-corrected chi connectivity index (χ1v) is 3.66. The highest BCUT2D eigenvalue weighted by Crippen LogP contribution is 2.45. The third-order valence-electron chi connectivity index (χ3n) is 2.18. The molecule has 50 valence electrons. The van der Waals surface area contributed by atoms with Crippen LogP contribution >= 0.6 is 0 Å². The minimum Gasteiger partial charge on any atom is -0.0956 e. The molecule has 0 heteroatoms. The summed E-state index contributed by atoms with van der Waals surface area (Å²) in [5.41, 5.74) is 4.19. The van der Waals surface area contributed by atoms with Crippen LogP contribution in [-0.2, 0) is 0 Å². The Bertz CT molecular complexity index is 222. The second-order valence-electron chi connectivity index (χ2n) is 3.21. The lowest BCUT2D eigenvalue weighted by Gasteiger charge is -2.25. The summed E-state index contributed by atoms with van der Waals surface area (Å²) in [6.45, 7) is 7.76. The Labute approximate surface area is 61.9 Å². The average molecular weight is 131 g/mol. The van der Waals surface area contributed by atoms with E-state index in [4.69, 9.17) is 0 Å². The molecule has 0 bridgehead atoms. The molecule has 0 heterocycles. The first kappa shape index (κ1) is 5.84. The van der Waals surface area contributed by atoms with E-state index in [2.05, 4.69) is 19.2 Å². The van der Waals surface area contributed by atoms with Gasteiger partial charge in [0.15, 0.2) is 0 Å². The van der Waals surface area contributed by atoms with Crippen LogP contribution in [0.15, 0.2) is 36.0 Å². The molecule has 0 aromatic rings. The van der Waals surface area contributed by atoms with Crippen LogP contribution in [0.25, 0.3) is 0 Å². The minimum atomic E-state index is 1.13. The zero-order valence-electron chi connectivity index (χ0n) is 6.11. The molecule has 0 amide bonds. The van der Waals surface area contributed by atoms with E-state index in [-0.39, 0.29) is 0 Å². The summed E-state index contributed by atoms with van der Waals surface area (Å²) in [7, 11) is 0. The largest absolute Gasteiger partial charge is 0.117 e. The summed E-state index contributed by atoms with van der Waals surface area (Å²) in [5.74, 6) is 1.59. The summed E-state index contributed by atoms with van der Waals surface area (Å²) in [6.07, 6.45) is 5.63. The lowest BCUT2D eigenvalue weighted by molar-refractivity contribution is 0.711. The van der Waals surface area contributed by atoms with E-state index in [0.717, 1.165) is 19.3 Å². The first-order chi connectivity index (χ1) is 4.75. The molecule has 2 aliphatic carbocycles. The SMILES string of the molecule is C=C1C=C([C+]2CC(=C)C2)C1. The predicted molar refractivity (Wildman–Crippen MR) is 43.5 cm³/mol. The molecule has 10 heavy (non-hydrogen) atoms. The van der Waals surface area contributed by atoms with Crippen LogP contribution in [0.3, 0.4) is 0 Å². The van der Waals surface area contributed by atoms with Crippen molar-refractivity contribution >= 4 is 0 Å². The Kier molecular flexibility index (Phi) is 1.04. The van der Waals surface area contributed by atoms with Gasteiger partial charge in [0.25, 0.3) is 0 Å². The van der Waals surface area contributed by atoms with Crippen LogP contribution in [0.1, 0.15) is 19.3 Å². The van der Waals surface area contributed by atoms with Crippen molar-refractivity contribution in [2.75, 3.05) is 0 Å². The second kappa shape index (κ2) is 1.79. The van der Waals surface area contributed by atoms with Gasteiger partial charge in [-0.25, -0.2) is 0 Å². The standard InChI is InChI=1S/C10H11/c1-7-3-9(4-7)10-5-8(2)6-10/h3H,1-2,4-6H2/q+1. The fraction of sp³-hybridized carbons (Fsp3) is 0.300. The Morgan fingerprint density at radius 2 is 1.90 bits per heavy atom. The molecular weight excluding hydrogens is 120 g/mol. The highest BCUT2D eigenvalue weighted by Gasteiger charge is 2.37. The Hall–Kier alpha value is -0.910. The van der Waals surface area contributed by atoms with Crippen LogP contribution in [0.5, 0.6) is 0 Å². The van der Waals surface area contributed by atoms with Gasteiger partial charge in [0.2, 0.25) is 0 Å². The molecule has 2 aliphatic rings. The zero-order valence-corrected chi connectivity index (χ0v) is 6.11.